The maximum Gasteiger partial charge on any atom is 0.255 e. The molecule has 5 nitrogen and oxygen atoms in total. The first-order valence-electron chi connectivity index (χ1n) is 9.11. The number of pyridine rings is 1. The topological polar surface area (TPSA) is 59.8 Å². The molecule has 0 aliphatic carbocycles. The van der Waals surface area contributed by atoms with Crippen molar-refractivity contribution >= 4 is 5.91 Å². The number of aryl methyl sites for hydroxylation is 1. The van der Waals surface area contributed by atoms with Crippen molar-refractivity contribution in [1.29, 1.82) is 0 Å². The molecule has 28 heavy (non-hydrogen) atoms. The van der Waals surface area contributed by atoms with Gasteiger partial charge in [-0.3, -0.25) is 9.78 Å². The van der Waals surface area contributed by atoms with Crippen molar-refractivity contribution in [2.75, 3.05) is 0 Å². The lowest BCUT2D eigenvalue weighted by Crippen LogP contribution is -2.23. The second-order valence-electron chi connectivity index (χ2n) is 6.47. The highest BCUT2D eigenvalue weighted by Gasteiger charge is 2.20. The van der Waals surface area contributed by atoms with Gasteiger partial charge in [-0.25, -0.2) is 4.68 Å². The number of nitrogens with zero attached hydrogens (tertiary/aromatic N) is 3. The van der Waals surface area contributed by atoms with Crippen LogP contribution in [-0.2, 0) is 6.54 Å². The van der Waals surface area contributed by atoms with E-state index in [0.29, 0.717) is 12.1 Å². The lowest BCUT2D eigenvalue weighted by molar-refractivity contribution is 0.0951. The Kier molecular flexibility index (Phi) is 4.97. The molecule has 0 spiro atoms. The molecule has 2 aromatic heterocycles. The lowest BCUT2D eigenvalue weighted by atomic mass is 10.1. The summed E-state index contributed by atoms with van der Waals surface area (Å²) in [6.45, 7) is 2.40. The van der Waals surface area contributed by atoms with Gasteiger partial charge in [-0.15, -0.1) is 0 Å². The second-order valence-corrected chi connectivity index (χ2v) is 6.47. The summed E-state index contributed by atoms with van der Waals surface area (Å²) in [5, 5.41) is 7.49. The van der Waals surface area contributed by atoms with E-state index in [-0.39, 0.29) is 5.91 Å². The van der Waals surface area contributed by atoms with Crippen LogP contribution in [0.15, 0.2) is 85.2 Å². The number of benzene rings is 2. The molecule has 0 saturated heterocycles. The van der Waals surface area contributed by atoms with E-state index >= 15 is 0 Å². The van der Waals surface area contributed by atoms with Gasteiger partial charge in [-0.05, 0) is 30.7 Å². The normalized spacial score (nSPS) is 10.6. The molecule has 138 valence electrons. The minimum absolute atomic E-state index is 0.177. The zero-order valence-electron chi connectivity index (χ0n) is 15.5. The van der Waals surface area contributed by atoms with Gasteiger partial charge in [0, 0.05) is 11.8 Å². The molecular weight excluding hydrogens is 348 g/mol. The quantitative estimate of drug-likeness (QED) is 0.575. The third-order valence-corrected chi connectivity index (χ3v) is 4.56. The van der Waals surface area contributed by atoms with Crippen LogP contribution in [0, 0.1) is 6.92 Å². The van der Waals surface area contributed by atoms with Crippen LogP contribution in [0.1, 0.15) is 21.6 Å². The Bertz CT molecular complexity index is 1090. The molecule has 0 fully saturated rings. The van der Waals surface area contributed by atoms with E-state index in [1.807, 2.05) is 84.4 Å². The average molecular weight is 368 g/mol. The maximum absolute atomic E-state index is 12.9. The number of carbonyl (C=O) groups is 1. The Hall–Kier alpha value is -3.73. The number of amides is 1. The third kappa shape index (κ3) is 3.55. The summed E-state index contributed by atoms with van der Waals surface area (Å²) in [5.74, 6) is -0.177. The van der Waals surface area contributed by atoms with Crippen LogP contribution < -0.4 is 5.32 Å². The summed E-state index contributed by atoms with van der Waals surface area (Å²) in [5.41, 5.74) is 5.09. The molecule has 4 rings (SSSR count). The van der Waals surface area contributed by atoms with E-state index in [9.17, 15) is 4.79 Å². The molecule has 0 atom stereocenters. The molecule has 2 aromatic carbocycles. The highest BCUT2D eigenvalue weighted by Crippen LogP contribution is 2.27. The van der Waals surface area contributed by atoms with Crippen molar-refractivity contribution in [3.63, 3.8) is 0 Å². The van der Waals surface area contributed by atoms with Gasteiger partial charge < -0.3 is 5.32 Å². The highest BCUT2D eigenvalue weighted by molar-refractivity contribution is 6.00. The van der Waals surface area contributed by atoms with Crippen molar-refractivity contribution in [3.05, 3.63) is 102 Å². The molecule has 0 saturated carbocycles. The van der Waals surface area contributed by atoms with Gasteiger partial charge in [0.2, 0.25) is 0 Å². The van der Waals surface area contributed by atoms with Gasteiger partial charge in [-0.2, -0.15) is 5.10 Å². The fraction of sp³-hybridized carbons (Fsp3) is 0.0870. The minimum atomic E-state index is -0.177. The standard InChI is InChI=1S/C23H20N4O/c1-17-9-5-6-13-21(17)27-22(18-10-3-2-4-11-18)20(16-26-27)23(28)25-15-19-12-7-8-14-24-19/h2-14,16H,15H2,1H3,(H,25,28). The Labute approximate surface area is 163 Å². The van der Waals surface area contributed by atoms with Gasteiger partial charge in [0.15, 0.2) is 0 Å². The first-order valence-corrected chi connectivity index (χ1v) is 9.11. The summed E-state index contributed by atoms with van der Waals surface area (Å²) < 4.78 is 1.83. The molecule has 0 radical (unpaired) electrons. The Morgan fingerprint density at radius 3 is 2.46 bits per heavy atom. The first kappa shape index (κ1) is 17.7. The van der Waals surface area contributed by atoms with E-state index in [0.717, 1.165) is 28.2 Å². The van der Waals surface area contributed by atoms with Gasteiger partial charge in [0.1, 0.15) is 0 Å². The average Bonchev–Trinajstić information content (AvgIpc) is 3.19. The van der Waals surface area contributed by atoms with Crippen molar-refractivity contribution in [2.24, 2.45) is 0 Å². The molecule has 5 heteroatoms. The molecule has 1 N–H and O–H groups in total. The molecule has 1 amide bonds. The summed E-state index contributed by atoms with van der Waals surface area (Å²) in [7, 11) is 0. The third-order valence-electron chi connectivity index (χ3n) is 4.56. The fourth-order valence-electron chi connectivity index (χ4n) is 3.14. The van der Waals surface area contributed by atoms with Crippen LogP contribution >= 0.6 is 0 Å². The zero-order valence-corrected chi connectivity index (χ0v) is 15.5. The number of hydrogen-bond donors (Lipinski definition) is 1. The molecule has 0 aliphatic rings. The van der Waals surface area contributed by atoms with Gasteiger partial charge in [-0.1, -0.05) is 54.6 Å². The monoisotopic (exact) mass is 368 g/mol. The number of hydrogen-bond acceptors (Lipinski definition) is 3. The summed E-state index contributed by atoms with van der Waals surface area (Å²) in [6, 6.07) is 23.5. The van der Waals surface area contributed by atoms with Crippen molar-refractivity contribution in [3.8, 4) is 16.9 Å². The molecule has 0 aliphatic heterocycles. The number of nitrogens with one attached hydrogen (secondary N) is 1. The molecule has 4 aromatic rings. The molecule has 0 bridgehead atoms. The SMILES string of the molecule is Cc1ccccc1-n1ncc(C(=O)NCc2ccccn2)c1-c1ccccc1. The Morgan fingerprint density at radius 2 is 1.71 bits per heavy atom. The lowest BCUT2D eigenvalue weighted by Gasteiger charge is -2.12. The van der Waals surface area contributed by atoms with Crippen LogP contribution in [0.3, 0.4) is 0 Å². The van der Waals surface area contributed by atoms with E-state index in [4.69, 9.17) is 0 Å². The van der Waals surface area contributed by atoms with Crippen LogP contribution in [-0.4, -0.2) is 20.7 Å². The number of carbonyl (C=O) groups excluding carboxylic acids is 1. The minimum Gasteiger partial charge on any atom is -0.346 e. The van der Waals surface area contributed by atoms with Crippen LogP contribution in [0.4, 0.5) is 0 Å². The van der Waals surface area contributed by atoms with Crippen molar-refractivity contribution in [1.82, 2.24) is 20.1 Å². The van der Waals surface area contributed by atoms with E-state index in [1.165, 1.54) is 0 Å². The van der Waals surface area contributed by atoms with Crippen LogP contribution in [0.2, 0.25) is 0 Å². The second kappa shape index (κ2) is 7.88. The number of rotatable bonds is 5. The maximum atomic E-state index is 12.9. The van der Waals surface area contributed by atoms with E-state index < -0.39 is 0 Å². The van der Waals surface area contributed by atoms with Gasteiger partial charge >= 0.3 is 0 Å². The van der Waals surface area contributed by atoms with E-state index in [1.54, 1.807) is 12.4 Å². The van der Waals surface area contributed by atoms with Crippen LogP contribution in [0.5, 0.6) is 0 Å². The Morgan fingerprint density at radius 1 is 0.964 bits per heavy atom. The molecule has 0 unspecified atom stereocenters. The summed E-state index contributed by atoms with van der Waals surface area (Å²) >= 11 is 0. The first-order chi connectivity index (χ1) is 13.7. The largest absolute Gasteiger partial charge is 0.346 e. The number of aromatic nitrogens is 3. The Balaban J connectivity index is 1.73. The fourth-order valence-corrected chi connectivity index (χ4v) is 3.14. The van der Waals surface area contributed by atoms with Gasteiger partial charge in [0.05, 0.1) is 35.4 Å². The van der Waals surface area contributed by atoms with Crippen molar-refractivity contribution in [2.45, 2.75) is 13.5 Å². The number of para-hydroxylation sites is 1. The molecule has 2 heterocycles. The van der Waals surface area contributed by atoms with Crippen LogP contribution in [0.25, 0.3) is 16.9 Å². The summed E-state index contributed by atoms with van der Waals surface area (Å²) in [6.07, 6.45) is 3.34. The highest BCUT2D eigenvalue weighted by atomic mass is 16.1. The van der Waals surface area contributed by atoms with Crippen molar-refractivity contribution < 1.29 is 4.79 Å². The van der Waals surface area contributed by atoms with Gasteiger partial charge in [0.25, 0.3) is 5.91 Å². The molecular formula is C23H20N4O. The van der Waals surface area contributed by atoms with E-state index in [2.05, 4.69) is 15.4 Å². The zero-order chi connectivity index (χ0) is 19.3. The summed E-state index contributed by atoms with van der Waals surface area (Å²) in [4.78, 5) is 17.2. The predicted molar refractivity (Wildman–Crippen MR) is 109 cm³/mol. The predicted octanol–water partition coefficient (Wildman–Crippen LogP) is 4.17. The smallest absolute Gasteiger partial charge is 0.255 e.